The molecule has 0 unspecified atom stereocenters. The fourth-order valence-corrected chi connectivity index (χ4v) is 3.63. The Morgan fingerprint density at radius 3 is 2.48 bits per heavy atom. The number of hydrazone groups is 1. The Hall–Kier alpha value is -2.93. The smallest absolute Gasteiger partial charge is 0.295 e. The van der Waals surface area contributed by atoms with E-state index in [2.05, 4.69) is 21.0 Å². The summed E-state index contributed by atoms with van der Waals surface area (Å²) in [5.41, 5.74) is 4.34. The maximum Gasteiger partial charge on any atom is 0.328 e. The molecule has 4 rings (SSSR count). The molecule has 7 heteroatoms. The number of benzene rings is 2. The first kappa shape index (κ1) is 17.5. The Kier molecular flexibility index (Phi) is 4.11. The second-order valence-electron chi connectivity index (χ2n) is 6.49. The second kappa shape index (κ2) is 6.35. The summed E-state index contributed by atoms with van der Waals surface area (Å²) in [4.78, 5) is 25.0. The summed E-state index contributed by atoms with van der Waals surface area (Å²) in [6.07, 6.45) is 1.82. The number of hydrogen-bond acceptors (Lipinski definition) is 3. The first-order valence-electron chi connectivity index (χ1n) is 8.39. The minimum Gasteiger partial charge on any atom is -0.295 e. The van der Waals surface area contributed by atoms with Crippen molar-refractivity contribution in [2.45, 2.75) is 6.92 Å². The molecule has 1 aliphatic heterocycles. The van der Waals surface area contributed by atoms with Gasteiger partial charge in [0.25, 0.3) is 5.91 Å². The number of hydrogen-bond donors (Lipinski definition) is 0. The van der Waals surface area contributed by atoms with E-state index in [1.165, 1.54) is 5.01 Å². The highest BCUT2D eigenvalue weighted by molar-refractivity contribution is 9.10. The fraction of sp³-hybridized carbons (Fsp3) is 0.150. The lowest BCUT2D eigenvalue weighted by Gasteiger charge is -2.11. The number of carbonyl (C=O) groups is 1. The molecule has 0 radical (unpaired) electrons. The van der Waals surface area contributed by atoms with E-state index in [-0.39, 0.29) is 11.6 Å². The number of fused-ring (bicyclic) bond motifs is 1. The highest BCUT2D eigenvalue weighted by atomic mass is 79.9. The van der Waals surface area contributed by atoms with Crippen molar-refractivity contribution in [2.75, 3.05) is 5.01 Å². The van der Waals surface area contributed by atoms with Crippen LogP contribution in [0.2, 0.25) is 0 Å². The molecule has 0 N–H and O–H groups in total. The summed E-state index contributed by atoms with van der Waals surface area (Å²) in [5.74, 6) is -0.173. The van der Waals surface area contributed by atoms with Gasteiger partial charge in [0.2, 0.25) is 0 Å². The van der Waals surface area contributed by atoms with E-state index in [9.17, 15) is 9.59 Å². The molecule has 27 heavy (non-hydrogen) atoms. The van der Waals surface area contributed by atoms with Crippen LogP contribution in [0.1, 0.15) is 12.5 Å². The number of carbonyl (C=O) groups excluding carboxylic acids is 1. The summed E-state index contributed by atoms with van der Waals surface area (Å²) in [5, 5.41) is 5.81. The van der Waals surface area contributed by atoms with E-state index < -0.39 is 0 Å². The number of anilines is 1. The molecule has 0 atom stereocenters. The SMILES string of the molecule is CC1=NN(c2cccc(Br)c2)C(=O)/C1=C/c1ccc2c(c1)n(C)c(=O)n2C. The van der Waals surface area contributed by atoms with Crippen molar-refractivity contribution < 1.29 is 4.79 Å². The molecule has 0 fully saturated rings. The van der Waals surface area contributed by atoms with Crippen molar-refractivity contribution >= 4 is 50.3 Å². The zero-order valence-corrected chi connectivity index (χ0v) is 16.7. The standard InChI is InChI=1S/C20H17BrN4O2/c1-12-16(19(26)25(22-12)15-6-4-5-14(21)11-15)9-13-7-8-17-18(10-13)24(3)20(27)23(17)2/h4-11H,1-3H3/b16-9+. The molecule has 2 heterocycles. The van der Waals surface area contributed by atoms with E-state index in [1.807, 2.05) is 55.5 Å². The topological polar surface area (TPSA) is 59.6 Å². The number of imidazole rings is 1. The Balaban J connectivity index is 1.75. The third kappa shape index (κ3) is 2.84. The predicted molar refractivity (Wildman–Crippen MR) is 111 cm³/mol. The summed E-state index contributed by atoms with van der Waals surface area (Å²) in [6, 6.07) is 13.2. The molecule has 0 spiro atoms. The summed E-state index contributed by atoms with van der Waals surface area (Å²) in [6.45, 7) is 1.82. The van der Waals surface area contributed by atoms with Gasteiger partial charge in [-0.2, -0.15) is 10.1 Å². The number of aryl methyl sites for hydroxylation is 2. The van der Waals surface area contributed by atoms with E-state index in [4.69, 9.17) is 0 Å². The van der Waals surface area contributed by atoms with Gasteiger partial charge in [0.1, 0.15) is 0 Å². The number of halogens is 1. The van der Waals surface area contributed by atoms with Crippen molar-refractivity contribution in [1.29, 1.82) is 0 Å². The van der Waals surface area contributed by atoms with E-state index in [0.29, 0.717) is 17.0 Å². The van der Waals surface area contributed by atoms with Crippen molar-refractivity contribution in [3.05, 3.63) is 68.6 Å². The van der Waals surface area contributed by atoms with Crippen LogP contribution in [0, 0.1) is 0 Å². The lowest BCUT2D eigenvalue weighted by molar-refractivity contribution is -0.114. The molecule has 0 saturated carbocycles. The molecule has 0 bridgehead atoms. The lowest BCUT2D eigenvalue weighted by atomic mass is 10.1. The predicted octanol–water partition coefficient (Wildman–Crippen LogP) is 3.45. The molecule has 136 valence electrons. The van der Waals surface area contributed by atoms with Crippen molar-refractivity contribution in [1.82, 2.24) is 9.13 Å². The van der Waals surface area contributed by atoms with Gasteiger partial charge in [-0.25, -0.2) is 4.79 Å². The fourth-order valence-electron chi connectivity index (χ4n) is 3.25. The third-order valence-corrected chi connectivity index (χ3v) is 5.22. The average molecular weight is 425 g/mol. The molecule has 1 aliphatic rings. The normalized spacial score (nSPS) is 15.9. The van der Waals surface area contributed by atoms with Crippen LogP contribution in [0.15, 0.2) is 62.4 Å². The van der Waals surface area contributed by atoms with Crippen LogP contribution in [0.5, 0.6) is 0 Å². The number of amides is 1. The zero-order chi connectivity index (χ0) is 19.3. The maximum absolute atomic E-state index is 12.9. The van der Waals surface area contributed by atoms with E-state index in [0.717, 1.165) is 21.1 Å². The van der Waals surface area contributed by atoms with Crippen molar-refractivity contribution in [3.63, 3.8) is 0 Å². The van der Waals surface area contributed by atoms with Gasteiger partial charge in [0, 0.05) is 18.6 Å². The molecular weight excluding hydrogens is 408 g/mol. The van der Waals surface area contributed by atoms with Crippen LogP contribution >= 0.6 is 15.9 Å². The second-order valence-corrected chi connectivity index (χ2v) is 7.40. The Morgan fingerprint density at radius 2 is 1.74 bits per heavy atom. The summed E-state index contributed by atoms with van der Waals surface area (Å²) < 4.78 is 4.09. The summed E-state index contributed by atoms with van der Waals surface area (Å²) in [7, 11) is 3.49. The van der Waals surface area contributed by atoms with Gasteiger partial charge in [-0.3, -0.25) is 13.9 Å². The van der Waals surface area contributed by atoms with Gasteiger partial charge >= 0.3 is 5.69 Å². The minimum atomic E-state index is -0.173. The Morgan fingerprint density at radius 1 is 1.00 bits per heavy atom. The number of rotatable bonds is 2. The van der Waals surface area contributed by atoms with Crippen LogP contribution in [0.3, 0.4) is 0 Å². The minimum absolute atomic E-state index is 0.0784. The van der Waals surface area contributed by atoms with E-state index >= 15 is 0 Å². The van der Waals surface area contributed by atoms with Crippen LogP contribution in [-0.2, 0) is 18.9 Å². The molecule has 1 aromatic heterocycles. The lowest BCUT2D eigenvalue weighted by Crippen LogP contribution is -2.21. The number of nitrogens with zero attached hydrogens (tertiary/aromatic N) is 4. The molecule has 1 amide bonds. The van der Waals surface area contributed by atoms with Crippen LogP contribution < -0.4 is 10.7 Å². The van der Waals surface area contributed by atoms with Gasteiger partial charge in [-0.15, -0.1) is 0 Å². The van der Waals surface area contributed by atoms with Crippen LogP contribution in [0.4, 0.5) is 5.69 Å². The average Bonchev–Trinajstić information content (AvgIpc) is 3.05. The summed E-state index contributed by atoms with van der Waals surface area (Å²) >= 11 is 3.42. The van der Waals surface area contributed by atoms with Crippen molar-refractivity contribution in [3.8, 4) is 0 Å². The maximum atomic E-state index is 12.9. The van der Waals surface area contributed by atoms with Crippen LogP contribution in [0.25, 0.3) is 17.1 Å². The molecule has 6 nitrogen and oxygen atoms in total. The molecule has 0 saturated heterocycles. The van der Waals surface area contributed by atoms with Crippen molar-refractivity contribution in [2.24, 2.45) is 19.2 Å². The van der Waals surface area contributed by atoms with E-state index in [1.54, 1.807) is 23.2 Å². The third-order valence-electron chi connectivity index (χ3n) is 4.72. The first-order chi connectivity index (χ1) is 12.9. The van der Waals surface area contributed by atoms with Gasteiger partial charge in [0.05, 0.1) is 28.0 Å². The Bertz CT molecular complexity index is 1220. The van der Waals surface area contributed by atoms with Gasteiger partial charge in [-0.1, -0.05) is 28.1 Å². The Labute approximate surface area is 164 Å². The number of aromatic nitrogens is 2. The monoisotopic (exact) mass is 424 g/mol. The largest absolute Gasteiger partial charge is 0.328 e. The molecular formula is C20H17BrN4O2. The highest BCUT2D eigenvalue weighted by Gasteiger charge is 2.28. The zero-order valence-electron chi connectivity index (χ0n) is 15.1. The van der Waals surface area contributed by atoms with Gasteiger partial charge in [-0.05, 0) is 48.9 Å². The first-order valence-corrected chi connectivity index (χ1v) is 9.19. The van der Waals surface area contributed by atoms with Crippen LogP contribution in [-0.4, -0.2) is 20.8 Å². The quantitative estimate of drug-likeness (QED) is 0.591. The molecule has 0 aliphatic carbocycles. The molecule has 2 aromatic carbocycles. The highest BCUT2D eigenvalue weighted by Crippen LogP contribution is 2.27. The van der Waals surface area contributed by atoms with Gasteiger partial charge < -0.3 is 0 Å². The molecule has 3 aromatic rings. The van der Waals surface area contributed by atoms with Gasteiger partial charge in [0.15, 0.2) is 0 Å².